The zero-order chi connectivity index (χ0) is 6.69. The van der Waals surface area contributed by atoms with Crippen molar-refractivity contribution >= 4 is 0 Å². The molecule has 1 aromatic heterocycles. The molecule has 0 saturated carbocycles. The van der Waals surface area contributed by atoms with Gasteiger partial charge in [-0.2, -0.15) is 0 Å². The average molecular weight is 239 g/mol. The molecule has 0 amide bonds. The zero-order valence-electron chi connectivity index (χ0n) is 4.51. The molecule has 2 nitrogen and oxygen atoms in total. The van der Waals surface area contributed by atoms with Gasteiger partial charge in [0.1, 0.15) is 0 Å². The Labute approximate surface area is 62.9 Å². The molecule has 0 aliphatic carbocycles. The first-order valence-corrected chi connectivity index (χ1v) is 4.61. The van der Waals surface area contributed by atoms with Crippen LogP contribution in [-0.4, -0.2) is 4.98 Å². The Balaban J connectivity index is 3.01. The number of aromatic nitrogens is 1. The fourth-order valence-corrected chi connectivity index (χ4v) is 1.25. The Morgan fingerprint density at radius 2 is 2.44 bits per heavy atom. The van der Waals surface area contributed by atoms with Crippen molar-refractivity contribution in [2.24, 2.45) is 3.95 Å². The Hall–Kier alpha value is -0.230. The summed E-state index contributed by atoms with van der Waals surface area (Å²) in [5.74, 6) is -0.284. The van der Waals surface area contributed by atoms with E-state index in [0.717, 1.165) is 0 Å². The molecule has 0 bridgehead atoms. The van der Waals surface area contributed by atoms with E-state index in [0.29, 0.717) is 3.70 Å². The van der Waals surface area contributed by atoms with Crippen LogP contribution in [0, 0.1) is 9.52 Å². The van der Waals surface area contributed by atoms with Gasteiger partial charge >= 0.3 is 62.6 Å². The summed E-state index contributed by atoms with van der Waals surface area (Å²) < 4.78 is 18.2. The van der Waals surface area contributed by atoms with Gasteiger partial charge in [0.05, 0.1) is 0 Å². The number of nitrogens with two attached hydrogens (primary N) is 1. The van der Waals surface area contributed by atoms with Crippen LogP contribution in [0.15, 0.2) is 18.3 Å². The fraction of sp³-hybridized carbons (Fsp3) is 0. The summed E-state index contributed by atoms with van der Waals surface area (Å²) in [7, 11) is 0. The number of pyridine rings is 1. The fourth-order valence-electron chi connectivity index (χ4n) is 0.447. The number of halogens is 2. The monoisotopic (exact) mass is 239 g/mol. The summed E-state index contributed by atoms with van der Waals surface area (Å²) in [6.45, 7) is 0. The summed E-state index contributed by atoms with van der Waals surface area (Å²) in [5, 5.41) is 0. The second kappa shape index (κ2) is 3.07. The van der Waals surface area contributed by atoms with Crippen molar-refractivity contribution in [2.75, 3.05) is 0 Å². The van der Waals surface area contributed by atoms with Crippen LogP contribution in [0.3, 0.4) is 0 Å². The predicted octanol–water partition coefficient (Wildman–Crippen LogP) is -2.65. The molecule has 1 aromatic rings. The maximum atomic E-state index is 12.5. The molecule has 0 atom stereocenters. The molecule has 0 fully saturated rings. The molecule has 0 saturated heterocycles. The first-order valence-electron chi connectivity index (χ1n) is 2.28. The molecular weight excluding hydrogens is 234 g/mol. The first kappa shape index (κ1) is 6.88. The van der Waals surface area contributed by atoms with Crippen molar-refractivity contribution in [3.05, 3.63) is 27.8 Å². The molecule has 50 valence electrons. The second-order valence-electron chi connectivity index (χ2n) is 1.39. The van der Waals surface area contributed by atoms with Gasteiger partial charge in [-0.05, 0) is 0 Å². The molecular formula is C5H5FIN2-. The van der Waals surface area contributed by atoms with Crippen LogP contribution >= 0.6 is 0 Å². The molecule has 0 spiro atoms. The van der Waals surface area contributed by atoms with Crippen LogP contribution in [0.25, 0.3) is 0 Å². The van der Waals surface area contributed by atoms with Gasteiger partial charge in [-0.1, -0.05) is 0 Å². The first-order chi connectivity index (χ1) is 4.34. The van der Waals surface area contributed by atoms with E-state index in [-0.39, 0.29) is 5.82 Å². The zero-order valence-corrected chi connectivity index (χ0v) is 6.67. The Morgan fingerprint density at radius 3 is 2.89 bits per heavy atom. The van der Waals surface area contributed by atoms with Gasteiger partial charge in [-0.25, -0.2) is 0 Å². The number of rotatable bonds is 1. The van der Waals surface area contributed by atoms with Gasteiger partial charge in [-0.3, -0.25) is 0 Å². The van der Waals surface area contributed by atoms with Crippen molar-refractivity contribution in [1.82, 2.24) is 4.98 Å². The number of hydrogen-bond acceptors (Lipinski definition) is 2. The minimum absolute atomic E-state index is 0.284. The Morgan fingerprint density at radius 1 is 1.67 bits per heavy atom. The predicted molar refractivity (Wildman–Crippen MR) is 27.1 cm³/mol. The van der Waals surface area contributed by atoms with Crippen molar-refractivity contribution < 1.29 is 25.9 Å². The van der Waals surface area contributed by atoms with Crippen molar-refractivity contribution in [3.63, 3.8) is 0 Å². The van der Waals surface area contributed by atoms with Gasteiger partial charge in [0.15, 0.2) is 0 Å². The van der Waals surface area contributed by atoms with Gasteiger partial charge in [-0.15, -0.1) is 0 Å². The molecule has 0 aliphatic rings. The van der Waals surface area contributed by atoms with Crippen molar-refractivity contribution in [3.8, 4) is 0 Å². The van der Waals surface area contributed by atoms with Crippen LogP contribution in [-0.2, 0) is 0 Å². The molecule has 0 unspecified atom stereocenters. The van der Waals surface area contributed by atoms with E-state index in [1.165, 1.54) is 6.07 Å². The van der Waals surface area contributed by atoms with Gasteiger partial charge < -0.3 is 0 Å². The Kier molecular flexibility index (Phi) is 2.35. The van der Waals surface area contributed by atoms with Crippen molar-refractivity contribution in [2.45, 2.75) is 0 Å². The van der Waals surface area contributed by atoms with Gasteiger partial charge in [0.25, 0.3) is 0 Å². The summed E-state index contributed by atoms with van der Waals surface area (Å²) in [5.41, 5.74) is 0. The summed E-state index contributed by atoms with van der Waals surface area (Å²) in [6.07, 6.45) is 1.55. The number of hydrogen-bond donors (Lipinski definition) is 1. The second-order valence-corrected chi connectivity index (χ2v) is 3.03. The normalized spacial score (nSPS) is 10.0. The SMILES string of the molecule is N[I-]c1ncccc1F. The van der Waals surface area contributed by atoms with E-state index < -0.39 is 21.5 Å². The Bertz CT molecular complexity index is 204. The van der Waals surface area contributed by atoms with Crippen LogP contribution in [0.1, 0.15) is 0 Å². The standard InChI is InChI=1S/C5H5FIN2/c6-4-2-1-3-9-5(4)7-8/h1-3H,8H2/q-1. The van der Waals surface area contributed by atoms with Crippen LogP contribution < -0.4 is 25.4 Å². The minimum atomic E-state index is -0.698. The number of nitrogens with zero attached hydrogens (tertiary/aromatic N) is 1. The molecule has 2 N–H and O–H groups in total. The van der Waals surface area contributed by atoms with E-state index >= 15 is 0 Å². The van der Waals surface area contributed by atoms with Gasteiger partial charge in [0, 0.05) is 0 Å². The summed E-state index contributed by atoms with van der Waals surface area (Å²) in [6, 6.07) is 2.92. The molecule has 4 heteroatoms. The van der Waals surface area contributed by atoms with Crippen LogP contribution in [0.2, 0.25) is 0 Å². The van der Waals surface area contributed by atoms with E-state index in [1.54, 1.807) is 12.3 Å². The summed E-state index contributed by atoms with van der Waals surface area (Å²) >= 11 is -0.698. The van der Waals surface area contributed by atoms with Crippen LogP contribution in [0.5, 0.6) is 0 Å². The third kappa shape index (κ3) is 1.59. The van der Waals surface area contributed by atoms with Crippen molar-refractivity contribution in [1.29, 1.82) is 0 Å². The van der Waals surface area contributed by atoms with E-state index in [4.69, 9.17) is 3.95 Å². The maximum absolute atomic E-state index is 12.5. The van der Waals surface area contributed by atoms with Gasteiger partial charge in [0.2, 0.25) is 0 Å². The quantitative estimate of drug-likeness (QED) is 0.330. The molecule has 1 heterocycles. The third-order valence-corrected chi connectivity index (χ3v) is 2.20. The van der Waals surface area contributed by atoms with E-state index in [9.17, 15) is 4.39 Å². The van der Waals surface area contributed by atoms with E-state index in [2.05, 4.69) is 4.98 Å². The molecule has 0 aromatic carbocycles. The topological polar surface area (TPSA) is 38.9 Å². The molecule has 1 rings (SSSR count). The summed E-state index contributed by atoms with van der Waals surface area (Å²) in [4.78, 5) is 3.75. The molecule has 9 heavy (non-hydrogen) atoms. The van der Waals surface area contributed by atoms with Crippen LogP contribution in [0.4, 0.5) is 4.39 Å². The third-order valence-electron chi connectivity index (χ3n) is 0.817. The average Bonchev–Trinajstić information content (AvgIpc) is 1.89. The van der Waals surface area contributed by atoms with E-state index in [1.807, 2.05) is 0 Å². The molecule has 0 radical (unpaired) electrons. The molecule has 0 aliphatic heterocycles.